The van der Waals surface area contributed by atoms with E-state index in [-0.39, 0.29) is 6.04 Å². The number of aryl methyl sites for hydroxylation is 1. The molecule has 0 saturated heterocycles. The quantitative estimate of drug-likeness (QED) is 0.760. The molecule has 0 amide bonds. The highest BCUT2D eigenvalue weighted by Gasteiger charge is 2.13. The molecule has 0 aliphatic heterocycles. The van der Waals surface area contributed by atoms with Crippen molar-refractivity contribution in [2.45, 2.75) is 32.4 Å². The second-order valence-corrected chi connectivity index (χ2v) is 5.66. The second-order valence-electron chi connectivity index (χ2n) is 4.74. The Morgan fingerprint density at radius 2 is 2.30 bits per heavy atom. The Morgan fingerprint density at radius 1 is 1.45 bits per heavy atom. The van der Waals surface area contributed by atoms with E-state index in [4.69, 9.17) is 0 Å². The molecule has 0 fully saturated rings. The van der Waals surface area contributed by atoms with E-state index in [1.807, 2.05) is 29.1 Å². The van der Waals surface area contributed by atoms with Crippen molar-refractivity contribution in [1.82, 2.24) is 15.1 Å². The number of nitrogens with one attached hydrogen (secondary N) is 1. The number of nitrogens with zero attached hydrogens (tertiary/aromatic N) is 2. The average molecular weight is 338 g/mol. The van der Waals surface area contributed by atoms with Crippen LogP contribution in [0.25, 0.3) is 0 Å². The first-order valence-corrected chi connectivity index (χ1v) is 7.69. The molecule has 20 heavy (non-hydrogen) atoms. The number of phenolic OH excluding ortho intramolecular Hbond substituents is 1. The fourth-order valence-electron chi connectivity index (χ4n) is 2.23. The molecule has 108 valence electrons. The Morgan fingerprint density at radius 3 is 3.00 bits per heavy atom. The lowest BCUT2D eigenvalue weighted by Gasteiger charge is -2.19. The molecule has 1 aromatic carbocycles. The Kier molecular flexibility index (Phi) is 5.61. The van der Waals surface area contributed by atoms with Crippen LogP contribution >= 0.6 is 15.9 Å². The van der Waals surface area contributed by atoms with Crippen LogP contribution in [-0.2, 0) is 6.54 Å². The minimum Gasteiger partial charge on any atom is -0.508 e. The lowest BCUT2D eigenvalue weighted by Crippen LogP contribution is -2.23. The summed E-state index contributed by atoms with van der Waals surface area (Å²) in [5, 5.41) is 17.6. The third-order valence-electron chi connectivity index (χ3n) is 3.29. The van der Waals surface area contributed by atoms with Gasteiger partial charge in [0.1, 0.15) is 5.75 Å². The zero-order valence-electron chi connectivity index (χ0n) is 11.6. The van der Waals surface area contributed by atoms with E-state index < -0.39 is 0 Å². The maximum absolute atomic E-state index is 9.97. The van der Waals surface area contributed by atoms with Gasteiger partial charge in [-0.25, -0.2) is 0 Å². The van der Waals surface area contributed by atoms with Crippen LogP contribution in [0.4, 0.5) is 0 Å². The van der Waals surface area contributed by atoms with Crippen LogP contribution in [0.5, 0.6) is 5.75 Å². The van der Waals surface area contributed by atoms with Gasteiger partial charge < -0.3 is 10.4 Å². The van der Waals surface area contributed by atoms with Gasteiger partial charge in [0.25, 0.3) is 0 Å². The Bertz CT molecular complexity index is 528. The molecule has 1 heterocycles. The van der Waals surface area contributed by atoms with Gasteiger partial charge >= 0.3 is 0 Å². The van der Waals surface area contributed by atoms with Crippen molar-refractivity contribution in [2.24, 2.45) is 0 Å². The maximum Gasteiger partial charge on any atom is 0.120 e. The SMILES string of the molecule is CCC(NCCCn1cccn1)c1cc(Br)ccc1O. The van der Waals surface area contributed by atoms with Crippen LogP contribution in [0.1, 0.15) is 31.4 Å². The summed E-state index contributed by atoms with van der Waals surface area (Å²) in [5.74, 6) is 0.347. The van der Waals surface area contributed by atoms with E-state index in [2.05, 4.69) is 33.3 Å². The highest BCUT2D eigenvalue weighted by atomic mass is 79.9. The molecule has 1 atom stereocenters. The number of aromatic nitrogens is 2. The molecule has 2 N–H and O–H groups in total. The van der Waals surface area contributed by atoms with Crippen molar-refractivity contribution in [1.29, 1.82) is 0 Å². The molecular formula is C15H20BrN3O. The minimum absolute atomic E-state index is 0.171. The highest BCUT2D eigenvalue weighted by Crippen LogP contribution is 2.29. The molecule has 0 aliphatic carbocycles. The fourth-order valence-corrected chi connectivity index (χ4v) is 2.61. The van der Waals surface area contributed by atoms with Gasteiger partial charge in [-0.3, -0.25) is 4.68 Å². The zero-order valence-corrected chi connectivity index (χ0v) is 13.2. The number of benzene rings is 1. The molecule has 5 heteroatoms. The number of hydrogen-bond acceptors (Lipinski definition) is 3. The zero-order chi connectivity index (χ0) is 14.4. The summed E-state index contributed by atoms with van der Waals surface area (Å²) >= 11 is 3.45. The Balaban J connectivity index is 1.87. The lowest BCUT2D eigenvalue weighted by molar-refractivity contribution is 0.434. The standard InChI is InChI=1S/C15H20BrN3O/c1-2-14(13-11-12(16)5-6-15(13)20)17-7-3-9-19-10-4-8-18-19/h4-6,8,10-11,14,17,20H,2-3,7,9H2,1H3. The van der Waals surface area contributed by atoms with Gasteiger partial charge in [0.05, 0.1) is 0 Å². The first kappa shape index (κ1) is 15.1. The second kappa shape index (κ2) is 7.45. The van der Waals surface area contributed by atoms with Crippen molar-refractivity contribution in [2.75, 3.05) is 6.54 Å². The summed E-state index contributed by atoms with van der Waals surface area (Å²) in [5.41, 5.74) is 0.945. The van der Waals surface area contributed by atoms with Crippen LogP contribution in [0, 0.1) is 0 Å². The predicted octanol–water partition coefficient (Wildman–Crippen LogP) is 3.48. The summed E-state index contributed by atoms with van der Waals surface area (Å²) in [6, 6.07) is 7.66. The van der Waals surface area contributed by atoms with E-state index in [1.54, 1.807) is 12.3 Å². The predicted molar refractivity (Wildman–Crippen MR) is 83.7 cm³/mol. The first-order chi connectivity index (χ1) is 9.70. The molecule has 0 radical (unpaired) electrons. The van der Waals surface area contributed by atoms with Gasteiger partial charge in [0, 0.05) is 35.0 Å². The van der Waals surface area contributed by atoms with Crippen LogP contribution in [0.3, 0.4) is 0 Å². The summed E-state index contributed by atoms with van der Waals surface area (Å²) in [6.45, 7) is 3.91. The molecule has 2 aromatic rings. The molecule has 4 nitrogen and oxygen atoms in total. The largest absolute Gasteiger partial charge is 0.508 e. The maximum atomic E-state index is 9.97. The minimum atomic E-state index is 0.171. The topological polar surface area (TPSA) is 50.1 Å². The molecule has 0 aliphatic rings. The van der Waals surface area contributed by atoms with Crippen LogP contribution in [0.15, 0.2) is 41.1 Å². The van der Waals surface area contributed by atoms with Gasteiger partial charge in [-0.15, -0.1) is 0 Å². The third kappa shape index (κ3) is 4.08. The van der Waals surface area contributed by atoms with Gasteiger partial charge in [0.2, 0.25) is 0 Å². The molecule has 2 rings (SSSR count). The van der Waals surface area contributed by atoms with E-state index in [9.17, 15) is 5.11 Å². The highest BCUT2D eigenvalue weighted by molar-refractivity contribution is 9.10. The number of aromatic hydroxyl groups is 1. The van der Waals surface area contributed by atoms with Gasteiger partial charge in [0.15, 0.2) is 0 Å². The van der Waals surface area contributed by atoms with Crippen LogP contribution < -0.4 is 5.32 Å². The number of phenols is 1. The summed E-state index contributed by atoms with van der Waals surface area (Å²) in [7, 11) is 0. The molecule has 0 bridgehead atoms. The first-order valence-electron chi connectivity index (χ1n) is 6.90. The summed E-state index contributed by atoms with van der Waals surface area (Å²) in [4.78, 5) is 0. The van der Waals surface area contributed by atoms with E-state index in [1.165, 1.54) is 0 Å². The van der Waals surface area contributed by atoms with Gasteiger partial charge in [-0.2, -0.15) is 5.10 Å². The third-order valence-corrected chi connectivity index (χ3v) is 3.78. The van der Waals surface area contributed by atoms with E-state index in [0.717, 1.165) is 36.0 Å². The van der Waals surface area contributed by atoms with Gasteiger partial charge in [-0.1, -0.05) is 22.9 Å². The summed E-state index contributed by atoms with van der Waals surface area (Å²) < 4.78 is 2.92. The van der Waals surface area contributed by atoms with Crippen molar-refractivity contribution in [3.8, 4) is 5.75 Å². The van der Waals surface area contributed by atoms with Gasteiger partial charge in [-0.05, 0) is 43.7 Å². The lowest BCUT2D eigenvalue weighted by atomic mass is 10.0. The molecule has 0 saturated carbocycles. The van der Waals surface area contributed by atoms with Crippen molar-refractivity contribution >= 4 is 15.9 Å². The monoisotopic (exact) mass is 337 g/mol. The Labute approximate surface area is 127 Å². The average Bonchev–Trinajstić information content (AvgIpc) is 2.95. The number of rotatable bonds is 7. The van der Waals surface area contributed by atoms with Crippen LogP contribution in [-0.4, -0.2) is 21.4 Å². The normalized spacial score (nSPS) is 12.5. The number of halogens is 1. The smallest absolute Gasteiger partial charge is 0.120 e. The van der Waals surface area contributed by atoms with E-state index in [0.29, 0.717) is 5.75 Å². The van der Waals surface area contributed by atoms with Crippen molar-refractivity contribution in [3.05, 3.63) is 46.7 Å². The molecule has 1 unspecified atom stereocenters. The van der Waals surface area contributed by atoms with E-state index >= 15 is 0 Å². The molecular weight excluding hydrogens is 318 g/mol. The fraction of sp³-hybridized carbons (Fsp3) is 0.400. The molecule has 1 aromatic heterocycles. The van der Waals surface area contributed by atoms with Crippen molar-refractivity contribution < 1.29 is 5.11 Å². The van der Waals surface area contributed by atoms with Crippen molar-refractivity contribution in [3.63, 3.8) is 0 Å². The number of hydrogen-bond donors (Lipinski definition) is 2. The molecule has 0 spiro atoms. The van der Waals surface area contributed by atoms with Crippen LogP contribution in [0.2, 0.25) is 0 Å². The summed E-state index contributed by atoms with van der Waals surface area (Å²) in [6.07, 6.45) is 5.71. The Hall–Kier alpha value is -1.33.